The van der Waals surface area contributed by atoms with Crippen LogP contribution in [0.4, 0.5) is 0 Å². The first-order chi connectivity index (χ1) is 31.8. The molecule has 0 fully saturated rings. The fourth-order valence-corrected chi connectivity index (χ4v) is 7.61. The van der Waals surface area contributed by atoms with Crippen LogP contribution in [0.3, 0.4) is 0 Å². The van der Waals surface area contributed by atoms with Crippen LogP contribution in [0.5, 0.6) is 23.0 Å². The average molecular weight is 924 g/mol. The molecule has 5 amide bonds. The lowest BCUT2D eigenvalue weighted by molar-refractivity contribution is -0.141. The Morgan fingerprint density at radius 3 is 2.18 bits per heavy atom. The zero-order chi connectivity index (χ0) is 47.8. The molecule has 4 unspecified atom stereocenters. The summed E-state index contributed by atoms with van der Waals surface area (Å²) < 4.78 is 18.2. The molecule has 4 bridgehead atoms. The number of nitrogens with one attached hydrogen (secondary N) is 4. The van der Waals surface area contributed by atoms with E-state index in [1.807, 2.05) is 30.3 Å². The number of nitrogens with zero attached hydrogens (tertiary/aromatic N) is 2. The van der Waals surface area contributed by atoms with E-state index < -0.39 is 53.7 Å². The Labute approximate surface area is 389 Å². The number of hydrogen-bond donors (Lipinski definition) is 7. The lowest BCUT2D eigenvalue weighted by atomic mass is 9.93. The highest BCUT2D eigenvalue weighted by Gasteiger charge is 2.36. The number of unbranched alkanes of at least 4 members (excludes halogenated alkanes) is 1. The predicted octanol–water partition coefficient (Wildman–Crippen LogP) is 3.65. The number of nitrogens with two attached hydrogens (primary N) is 3. The summed E-state index contributed by atoms with van der Waals surface area (Å²) in [6, 6.07) is 19.3. The number of fused-ring (bicyclic) bond motifs is 5. The number of hydrogen-bond acceptors (Lipinski definition) is 12. The van der Waals surface area contributed by atoms with Gasteiger partial charge in [-0.05, 0) is 98.0 Å². The minimum atomic E-state index is -1.41. The van der Waals surface area contributed by atoms with E-state index in [2.05, 4.69) is 28.2 Å². The molecule has 5 rings (SSSR count). The number of ether oxygens (including phenoxy) is 3. The fourth-order valence-electron chi connectivity index (χ4n) is 7.35. The van der Waals surface area contributed by atoms with Gasteiger partial charge in [-0.15, -0.1) is 0 Å². The quantitative estimate of drug-likeness (QED) is 0.0665. The van der Waals surface area contributed by atoms with E-state index in [0.29, 0.717) is 45.3 Å². The van der Waals surface area contributed by atoms with E-state index in [-0.39, 0.29) is 62.8 Å². The summed E-state index contributed by atoms with van der Waals surface area (Å²) in [5.74, 6) is -1.70. The molecule has 1 heterocycles. The van der Waals surface area contributed by atoms with Gasteiger partial charge in [0, 0.05) is 43.8 Å². The number of benzene rings is 4. The van der Waals surface area contributed by atoms with Gasteiger partial charge in [0.25, 0.3) is 5.91 Å². The predicted molar refractivity (Wildman–Crippen MR) is 250 cm³/mol. The summed E-state index contributed by atoms with van der Waals surface area (Å²) in [5.41, 5.74) is 20.8. The van der Waals surface area contributed by atoms with E-state index in [9.17, 15) is 24.0 Å². The molecule has 0 saturated carbocycles. The first kappa shape index (κ1) is 50.3. The van der Waals surface area contributed by atoms with Crippen molar-refractivity contribution in [1.29, 1.82) is 5.26 Å². The van der Waals surface area contributed by atoms with Crippen LogP contribution in [0.1, 0.15) is 66.2 Å². The molecule has 0 aliphatic carbocycles. The molecule has 4 aromatic rings. The third-order valence-electron chi connectivity index (χ3n) is 10.8. The van der Waals surface area contributed by atoms with Gasteiger partial charge in [0.05, 0.1) is 16.7 Å². The summed E-state index contributed by atoms with van der Waals surface area (Å²) in [6.45, 7) is 3.90. The van der Waals surface area contributed by atoms with Crippen molar-refractivity contribution < 1.29 is 38.2 Å². The van der Waals surface area contributed by atoms with Gasteiger partial charge in [-0.3, -0.25) is 24.0 Å². The second kappa shape index (κ2) is 24.5. The first-order valence-corrected chi connectivity index (χ1v) is 22.2. The molecule has 66 heavy (non-hydrogen) atoms. The molecule has 17 nitrogen and oxygen atoms in total. The Kier molecular flexibility index (Phi) is 18.7. The maximum Gasteiger partial charge on any atom is 0.253 e. The van der Waals surface area contributed by atoms with E-state index >= 15 is 0 Å². The number of aryl methyl sites for hydroxylation is 1. The summed E-state index contributed by atoms with van der Waals surface area (Å²) in [7, 11) is 1.40. The minimum Gasteiger partial charge on any atom is -0.492 e. The monoisotopic (exact) mass is 923 g/mol. The van der Waals surface area contributed by atoms with Gasteiger partial charge in [-0.25, -0.2) is 0 Å². The zero-order valence-electron chi connectivity index (χ0n) is 37.4. The highest BCUT2D eigenvalue weighted by Crippen LogP contribution is 2.40. The first-order valence-electron chi connectivity index (χ1n) is 21.8. The molecule has 1 aliphatic heterocycles. The SMILES string of the molecule is CCCCc1ccc(Oc2ccc(C(=O)NC(CCN)C(=O)N(C)C3C(=O)NC(C)C(=O)NC(C(=O)NCC#N)Cc4ccc(OCCN)c(c4)-c4cc3ccc4OCCN)c(Cl)c2)cc1. The van der Waals surface area contributed by atoms with Gasteiger partial charge in [-0.1, -0.05) is 49.2 Å². The van der Waals surface area contributed by atoms with Gasteiger partial charge in [0.15, 0.2) is 0 Å². The Morgan fingerprint density at radius 1 is 0.879 bits per heavy atom. The van der Waals surface area contributed by atoms with Gasteiger partial charge >= 0.3 is 0 Å². The topological polar surface area (TPSA) is 266 Å². The standard InChI is InChI=1S/C48H58ClN9O8/c1-4-5-6-30-7-11-33(12-8-30)66-34-13-14-35(38(49)28-34)45(60)56-39(17-18-50)48(63)58(3)43-32-10-16-42(65-24-21-53)37(27-32)36-25-31(9-15-41(36)64-23-20-52)26-40(46(61)54-22-19-51)57-44(59)29(2)55-47(43)62/h7-16,25,27-29,39-40,43H,4-6,17-18,20-24,26,50,52-53H2,1-3H3,(H,54,61)(H,55,62)(H,56,60)(H,57,59). The zero-order valence-corrected chi connectivity index (χ0v) is 38.1. The normalized spacial score (nSPS) is 16.3. The Hall–Kier alpha value is -6.71. The molecule has 4 aromatic carbocycles. The van der Waals surface area contributed by atoms with E-state index in [1.54, 1.807) is 42.5 Å². The average Bonchev–Trinajstić information content (AvgIpc) is 3.31. The van der Waals surface area contributed by atoms with Crippen molar-refractivity contribution in [2.24, 2.45) is 17.2 Å². The highest BCUT2D eigenvalue weighted by molar-refractivity contribution is 6.34. The lowest BCUT2D eigenvalue weighted by Gasteiger charge is -2.32. The molecular weight excluding hydrogens is 866 g/mol. The summed E-state index contributed by atoms with van der Waals surface area (Å²) in [6.07, 6.45) is 3.13. The van der Waals surface area contributed by atoms with Crippen LogP contribution in [-0.4, -0.2) is 99.0 Å². The van der Waals surface area contributed by atoms with Gasteiger partial charge < -0.3 is 57.6 Å². The number of amides is 5. The number of carbonyl (C=O) groups is 5. The highest BCUT2D eigenvalue weighted by atomic mass is 35.5. The second-order valence-electron chi connectivity index (χ2n) is 15.7. The summed E-state index contributed by atoms with van der Waals surface area (Å²) in [5, 5.41) is 19.9. The van der Waals surface area contributed by atoms with Crippen LogP contribution in [0.25, 0.3) is 11.1 Å². The summed E-state index contributed by atoms with van der Waals surface area (Å²) >= 11 is 6.63. The van der Waals surface area contributed by atoms with Crippen molar-refractivity contribution in [2.45, 2.75) is 70.1 Å². The van der Waals surface area contributed by atoms with E-state index in [4.69, 9.17) is 48.3 Å². The molecule has 10 N–H and O–H groups in total. The third kappa shape index (κ3) is 13.2. The lowest BCUT2D eigenvalue weighted by Crippen LogP contribution is -2.56. The molecule has 0 saturated heterocycles. The van der Waals surface area contributed by atoms with Gasteiger partial charge in [-0.2, -0.15) is 5.26 Å². The van der Waals surface area contributed by atoms with Gasteiger partial charge in [0.2, 0.25) is 23.6 Å². The molecule has 4 atom stereocenters. The van der Waals surface area contributed by atoms with Gasteiger partial charge in [0.1, 0.15) is 66.9 Å². The molecule has 350 valence electrons. The molecular formula is C48H58ClN9O8. The largest absolute Gasteiger partial charge is 0.492 e. The number of likely N-dealkylation sites (N-methyl/N-ethyl adjacent to an activating group) is 1. The van der Waals surface area contributed by atoms with Crippen LogP contribution in [0.2, 0.25) is 5.02 Å². The van der Waals surface area contributed by atoms with Crippen molar-refractivity contribution in [3.05, 3.63) is 106 Å². The molecule has 0 radical (unpaired) electrons. The Bertz CT molecular complexity index is 2390. The number of nitriles is 1. The van der Waals surface area contributed by atoms with Crippen molar-refractivity contribution in [3.63, 3.8) is 0 Å². The second-order valence-corrected chi connectivity index (χ2v) is 16.1. The number of halogens is 1. The molecule has 18 heteroatoms. The van der Waals surface area contributed by atoms with Crippen LogP contribution in [-0.2, 0) is 32.0 Å². The molecule has 1 aliphatic rings. The van der Waals surface area contributed by atoms with Crippen LogP contribution in [0.15, 0.2) is 78.9 Å². The smallest absolute Gasteiger partial charge is 0.253 e. The van der Waals surface area contributed by atoms with Crippen molar-refractivity contribution in [1.82, 2.24) is 26.2 Å². The Balaban J connectivity index is 1.51. The fraction of sp³-hybridized carbons (Fsp3) is 0.375. The molecule has 0 aromatic heterocycles. The maximum atomic E-state index is 14.6. The minimum absolute atomic E-state index is 0.00257. The third-order valence-corrected chi connectivity index (χ3v) is 11.1. The maximum absolute atomic E-state index is 14.6. The van der Waals surface area contributed by atoms with Crippen LogP contribution < -0.4 is 52.7 Å². The van der Waals surface area contributed by atoms with Crippen molar-refractivity contribution in [3.8, 4) is 40.2 Å². The van der Waals surface area contributed by atoms with E-state index in [0.717, 1.165) is 19.3 Å². The van der Waals surface area contributed by atoms with Crippen LogP contribution in [0, 0.1) is 11.3 Å². The number of carbonyl (C=O) groups excluding carboxylic acids is 5. The summed E-state index contributed by atoms with van der Waals surface area (Å²) in [4.78, 5) is 71.2. The van der Waals surface area contributed by atoms with Crippen LogP contribution >= 0.6 is 11.6 Å². The number of rotatable bonds is 19. The molecule has 0 spiro atoms. The van der Waals surface area contributed by atoms with Crippen molar-refractivity contribution >= 4 is 41.1 Å². The van der Waals surface area contributed by atoms with E-state index in [1.165, 1.54) is 36.6 Å². The Morgan fingerprint density at radius 2 is 1.55 bits per heavy atom. The van der Waals surface area contributed by atoms with Crippen molar-refractivity contribution in [2.75, 3.05) is 46.4 Å².